The lowest BCUT2D eigenvalue weighted by atomic mass is 10.2. The van der Waals surface area contributed by atoms with Crippen LogP contribution in [0.5, 0.6) is 0 Å². The predicted molar refractivity (Wildman–Crippen MR) is 88.5 cm³/mol. The van der Waals surface area contributed by atoms with Crippen molar-refractivity contribution in [3.63, 3.8) is 0 Å². The van der Waals surface area contributed by atoms with Gasteiger partial charge in [0, 0.05) is 6.16 Å². The summed E-state index contributed by atoms with van der Waals surface area (Å²) in [6, 6.07) is 0. The molecule has 1 atom stereocenters. The fourth-order valence-electron chi connectivity index (χ4n) is 2.01. The molecule has 21 heavy (non-hydrogen) atoms. The quantitative estimate of drug-likeness (QED) is 0.245. The predicted octanol–water partition coefficient (Wildman–Crippen LogP) is 5.27. The SMILES string of the molecule is C=CCCCCC[P@@](=O)(CP(=O)(OCC)OCC)OCC. The molecule has 0 unspecified atom stereocenters. The fraction of sp³-hybridized carbons (Fsp3) is 0.857. The highest BCUT2D eigenvalue weighted by molar-refractivity contribution is 7.73. The van der Waals surface area contributed by atoms with E-state index in [1.807, 2.05) is 6.08 Å². The van der Waals surface area contributed by atoms with Crippen LogP contribution in [0, 0.1) is 0 Å². The van der Waals surface area contributed by atoms with Crippen LogP contribution >= 0.6 is 15.0 Å². The van der Waals surface area contributed by atoms with Gasteiger partial charge in [-0.25, -0.2) is 0 Å². The van der Waals surface area contributed by atoms with Gasteiger partial charge >= 0.3 is 7.60 Å². The first-order chi connectivity index (χ1) is 9.95. The van der Waals surface area contributed by atoms with E-state index in [2.05, 4.69) is 6.58 Å². The van der Waals surface area contributed by atoms with Crippen LogP contribution < -0.4 is 0 Å². The van der Waals surface area contributed by atoms with Crippen molar-refractivity contribution in [1.29, 1.82) is 0 Å². The largest absolute Gasteiger partial charge is 0.340 e. The lowest BCUT2D eigenvalue weighted by Gasteiger charge is -2.23. The number of allylic oxidation sites excluding steroid dienone is 1. The van der Waals surface area contributed by atoms with Crippen LogP contribution in [0.2, 0.25) is 0 Å². The molecule has 0 heterocycles. The topological polar surface area (TPSA) is 61.8 Å². The second-order valence-corrected chi connectivity index (χ2v) is 9.89. The zero-order valence-electron chi connectivity index (χ0n) is 13.6. The van der Waals surface area contributed by atoms with Crippen LogP contribution in [0.25, 0.3) is 0 Å². The van der Waals surface area contributed by atoms with E-state index in [1.165, 1.54) is 0 Å². The zero-order valence-corrected chi connectivity index (χ0v) is 15.4. The monoisotopic (exact) mass is 340 g/mol. The van der Waals surface area contributed by atoms with Crippen molar-refractivity contribution in [2.24, 2.45) is 0 Å². The summed E-state index contributed by atoms with van der Waals surface area (Å²) in [5, 5.41) is 0. The molecule has 0 N–H and O–H groups in total. The smallest absolute Gasteiger partial charge is 0.328 e. The number of hydrogen-bond donors (Lipinski definition) is 0. The van der Waals surface area contributed by atoms with Crippen molar-refractivity contribution in [1.82, 2.24) is 0 Å². The Morgan fingerprint density at radius 2 is 1.48 bits per heavy atom. The van der Waals surface area contributed by atoms with Crippen molar-refractivity contribution in [2.45, 2.75) is 46.5 Å². The molecule has 0 spiro atoms. The minimum atomic E-state index is -3.34. The van der Waals surface area contributed by atoms with E-state index in [-0.39, 0.29) is 19.1 Å². The highest BCUT2D eigenvalue weighted by Crippen LogP contribution is 2.63. The summed E-state index contributed by atoms with van der Waals surface area (Å²) in [6.07, 6.45) is 6.00. The molecule has 7 heteroatoms. The van der Waals surface area contributed by atoms with Gasteiger partial charge in [-0.15, -0.1) is 6.58 Å². The normalized spacial score (nSPS) is 14.8. The molecule has 126 valence electrons. The van der Waals surface area contributed by atoms with Gasteiger partial charge in [0.2, 0.25) is 7.37 Å². The molecule has 0 radical (unpaired) electrons. The fourth-order valence-corrected chi connectivity index (χ4v) is 7.83. The van der Waals surface area contributed by atoms with Crippen molar-refractivity contribution in [3.8, 4) is 0 Å². The Kier molecular flexibility index (Phi) is 11.7. The molecule has 0 aromatic carbocycles. The molecule has 0 aromatic rings. The average molecular weight is 340 g/mol. The highest BCUT2D eigenvalue weighted by atomic mass is 31.2. The zero-order chi connectivity index (χ0) is 16.2. The minimum Gasteiger partial charge on any atom is -0.328 e. The summed E-state index contributed by atoms with van der Waals surface area (Å²) in [6.45, 7) is 9.82. The van der Waals surface area contributed by atoms with Gasteiger partial charge in [-0.05, 0) is 40.0 Å². The van der Waals surface area contributed by atoms with Crippen LogP contribution in [-0.2, 0) is 22.7 Å². The Hall–Kier alpha value is 0.0800. The van der Waals surface area contributed by atoms with E-state index in [0.29, 0.717) is 12.8 Å². The van der Waals surface area contributed by atoms with Crippen molar-refractivity contribution in [2.75, 3.05) is 31.9 Å². The van der Waals surface area contributed by atoms with Crippen LogP contribution in [-0.4, -0.2) is 31.9 Å². The highest BCUT2D eigenvalue weighted by Gasteiger charge is 2.36. The molecule has 0 saturated heterocycles. The second kappa shape index (κ2) is 11.6. The molecule has 0 aliphatic heterocycles. The molecule has 0 fully saturated rings. The maximum absolute atomic E-state index is 12.8. The van der Waals surface area contributed by atoms with Gasteiger partial charge in [-0.2, -0.15) is 0 Å². The summed E-state index contributed by atoms with van der Waals surface area (Å²) in [5.74, 6) is -0.128. The number of unbranched alkanes of at least 4 members (excludes halogenated alkanes) is 3. The maximum atomic E-state index is 12.8. The van der Waals surface area contributed by atoms with Gasteiger partial charge in [0.05, 0.1) is 19.8 Å². The Labute approximate surface area is 129 Å². The number of rotatable bonds is 14. The van der Waals surface area contributed by atoms with E-state index in [0.717, 1.165) is 25.7 Å². The summed E-state index contributed by atoms with van der Waals surface area (Å²) >= 11 is 0. The van der Waals surface area contributed by atoms with Gasteiger partial charge in [-0.1, -0.05) is 12.5 Å². The van der Waals surface area contributed by atoms with E-state index < -0.39 is 15.0 Å². The molecule has 0 amide bonds. The Morgan fingerprint density at radius 1 is 0.905 bits per heavy atom. The molecular weight excluding hydrogens is 310 g/mol. The summed E-state index contributed by atoms with van der Waals surface area (Å²) in [5.41, 5.74) is 0. The van der Waals surface area contributed by atoms with E-state index in [4.69, 9.17) is 13.6 Å². The van der Waals surface area contributed by atoms with Crippen molar-refractivity contribution < 1.29 is 22.7 Å². The minimum absolute atomic E-state index is 0.128. The van der Waals surface area contributed by atoms with Crippen LogP contribution in [0.1, 0.15) is 46.5 Å². The van der Waals surface area contributed by atoms with Gasteiger partial charge in [0.25, 0.3) is 0 Å². The van der Waals surface area contributed by atoms with Crippen molar-refractivity contribution in [3.05, 3.63) is 12.7 Å². The second-order valence-electron chi connectivity index (χ2n) is 4.68. The molecule has 0 aliphatic rings. The molecular formula is C14H30O5P2. The number of hydrogen-bond acceptors (Lipinski definition) is 5. The maximum Gasteiger partial charge on any atom is 0.340 e. The Bertz CT molecular complexity index is 360. The lowest BCUT2D eigenvalue weighted by molar-refractivity contribution is 0.222. The third kappa shape index (κ3) is 9.65. The third-order valence-corrected chi connectivity index (χ3v) is 8.95. The molecule has 0 rings (SSSR count). The van der Waals surface area contributed by atoms with E-state index in [9.17, 15) is 9.13 Å². The molecule has 0 bridgehead atoms. The third-order valence-electron chi connectivity index (χ3n) is 2.81. The van der Waals surface area contributed by atoms with Gasteiger partial charge in [0.15, 0.2) is 0 Å². The van der Waals surface area contributed by atoms with Gasteiger partial charge < -0.3 is 13.6 Å². The summed E-state index contributed by atoms with van der Waals surface area (Å²) in [7, 11) is -6.32. The first-order valence-electron chi connectivity index (χ1n) is 7.67. The van der Waals surface area contributed by atoms with E-state index >= 15 is 0 Å². The molecule has 0 aliphatic carbocycles. The van der Waals surface area contributed by atoms with Crippen LogP contribution in [0.3, 0.4) is 0 Å². The average Bonchev–Trinajstić information content (AvgIpc) is 2.38. The summed E-state index contributed by atoms with van der Waals surface area (Å²) < 4.78 is 41.2. The first-order valence-corrected chi connectivity index (χ1v) is 11.4. The molecule has 5 nitrogen and oxygen atoms in total. The lowest BCUT2D eigenvalue weighted by Crippen LogP contribution is -2.06. The Balaban J connectivity index is 4.64. The van der Waals surface area contributed by atoms with Crippen LogP contribution in [0.15, 0.2) is 12.7 Å². The summed E-state index contributed by atoms with van der Waals surface area (Å²) in [4.78, 5) is 0. The first kappa shape index (κ1) is 21.1. The van der Waals surface area contributed by atoms with Crippen LogP contribution in [0.4, 0.5) is 0 Å². The van der Waals surface area contributed by atoms with Gasteiger partial charge in [-0.3, -0.25) is 9.13 Å². The van der Waals surface area contributed by atoms with Crippen molar-refractivity contribution >= 4 is 15.0 Å². The molecule has 0 aromatic heterocycles. The van der Waals surface area contributed by atoms with Gasteiger partial charge in [0.1, 0.15) is 5.90 Å². The van der Waals surface area contributed by atoms with E-state index in [1.54, 1.807) is 20.8 Å². The molecule has 0 saturated carbocycles. The Morgan fingerprint density at radius 3 is 1.95 bits per heavy atom. The standard InChI is InChI=1S/C14H30O5P2/c1-5-9-10-11-12-13-20(15,17-6-2)14-21(16,18-7-3)19-8-4/h5H,1,6-14H2,2-4H3/t20-/m0/s1.